The van der Waals surface area contributed by atoms with Gasteiger partial charge in [0.1, 0.15) is 5.82 Å². The number of rotatable bonds is 2. The molecule has 1 heterocycles. The van der Waals surface area contributed by atoms with E-state index in [9.17, 15) is 9.18 Å². The van der Waals surface area contributed by atoms with Crippen LogP contribution in [0.2, 0.25) is 0 Å². The molecular weight excluding hydrogens is 223 g/mol. The maximum atomic E-state index is 13.8. The zero-order valence-electron chi connectivity index (χ0n) is 9.37. The van der Waals surface area contributed by atoms with E-state index in [2.05, 4.69) is 5.32 Å². The van der Waals surface area contributed by atoms with Crippen molar-refractivity contribution in [1.82, 2.24) is 5.32 Å². The molecule has 0 amide bonds. The molecule has 1 aliphatic heterocycles. The van der Waals surface area contributed by atoms with Gasteiger partial charge in [-0.25, -0.2) is 9.18 Å². The Morgan fingerprint density at radius 2 is 2.24 bits per heavy atom. The van der Waals surface area contributed by atoms with Crippen LogP contribution in [0.25, 0.3) is 0 Å². The Hall–Kier alpha value is -1.62. The Morgan fingerprint density at radius 1 is 1.47 bits per heavy atom. The van der Waals surface area contributed by atoms with Crippen molar-refractivity contribution < 1.29 is 14.3 Å². The van der Waals surface area contributed by atoms with Crippen molar-refractivity contribution in [3.8, 4) is 0 Å². The average Bonchev–Trinajstić information content (AvgIpc) is 2.29. The molecule has 1 atom stereocenters. The van der Waals surface area contributed by atoms with Gasteiger partial charge in [-0.3, -0.25) is 0 Å². The number of anilines is 1. The van der Waals surface area contributed by atoms with E-state index in [1.165, 1.54) is 6.07 Å². The highest BCUT2D eigenvalue weighted by Crippen LogP contribution is 2.28. The van der Waals surface area contributed by atoms with Gasteiger partial charge in [0, 0.05) is 17.3 Å². The summed E-state index contributed by atoms with van der Waals surface area (Å²) in [6.45, 7) is 0.830. The van der Waals surface area contributed by atoms with Gasteiger partial charge in [-0.15, -0.1) is 0 Å². The summed E-state index contributed by atoms with van der Waals surface area (Å²) < 4.78 is 13.8. The Balaban J connectivity index is 2.38. The number of benzene rings is 1. The molecule has 4 N–H and O–H groups in total. The highest BCUT2D eigenvalue weighted by Gasteiger charge is 2.21. The third-order valence-corrected chi connectivity index (χ3v) is 3.08. The van der Waals surface area contributed by atoms with E-state index in [0.29, 0.717) is 5.56 Å². The van der Waals surface area contributed by atoms with E-state index in [1.54, 1.807) is 0 Å². The molecule has 5 heteroatoms. The molecule has 4 nitrogen and oxygen atoms in total. The summed E-state index contributed by atoms with van der Waals surface area (Å²) in [5.74, 6) is -1.56. The van der Waals surface area contributed by atoms with E-state index in [-0.39, 0.29) is 17.3 Å². The Bertz CT molecular complexity index is 442. The zero-order valence-corrected chi connectivity index (χ0v) is 9.37. The van der Waals surface area contributed by atoms with Crippen molar-refractivity contribution in [1.29, 1.82) is 0 Å². The van der Waals surface area contributed by atoms with Gasteiger partial charge in [0.2, 0.25) is 0 Å². The summed E-state index contributed by atoms with van der Waals surface area (Å²) in [7, 11) is 0. The molecule has 0 radical (unpaired) electrons. The molecule has 2 rings (SSSR count). The topological polar surface area (TPSA) is 75.3 Å². The summed E-state index contributed by atoms with van der Waals surface area (Å²) >= 11 is 0. The fraction of sp³-hybridized carbons (Fsp3) is 0.417. The first-order valence-electron chi connectivity index (χ1n) is 5.65. The minimum absolute atomic E-state index is 0.0328. The summed E-state index contributed by atoms with van der Waals surface area (Å²) in [4.78, 5) is 10.9. The minimum Gasteiger partial charge on any atom is -0.478 e. The molecular formula is C12H15FN2O2. The molecule has 1 aliphatic rings. The largest absolute Gasteiger partial charge is 0.478 e. The standard InChI is InChI=1S/C12H15FN2O2/c13-9-6-10(14)8(12(16)17)5-7(9)11-3-1-2-4-15-11/h5-6,11,15H,1-4,14H2,(H,16,17). The monoisotopic (exact) mass is 238 g/mol. The number of aromatic carboxylic acids is 1. The fourth-order valence-electron chi connectivity index (χ4n) is 2.17. The third kappa shape index (κ3) is 2.39. The zero-order chi connectivity index (χ0) is 12.4. The van der Waals surface area contributed by atoms with Crippen LogP contribution in [0, 0.1) is 5.82 Å². The van der Waals surface area contributed by atoms with Crippen molar-refractivity contribution in [2.24, 2.45) is 0 Å². The first kappa shape index (κ1) is 11.9. The highest BCUT2D eigenvalue weighted by atomic mass is 19.1. The lowest BCUT2D eigenvalue weighted by molar-refractivity contribution is 0.0698. The second kappa shape index (κ2) is 4.71. The molecule has 17 heavy (non-hydrogen) atoms. The minimum atomic E-state index is -1.13. The van der Waals surface area contributed by atoms with Crippen LogP contribution >= 0.6 is 0 Å². The van der Waals surface area contributed by atoms with Gasteiger partial charge in [-0.2, -0.15) is 0 Å². The molecule has 1 fully saturated rings. The van der Waals surface area contributed by atoms with Gasteiger partial charge in [0.25, 0.3) is 0 Å². The second-order valence-corrected chi connectivity index (χ2v) is 4.27. The molecule has 92 valence electrons. The van der Waals surface area contributed by atoms with E-state index in [0.717, 1.165) is 31.9 Å². The SMILES string of the molecule is Nc1cc(F)c(C2CCCCN2)cc1C(=O)O. The number of carboxylic acids is 1. The van der Waals surface area contributed by atoms with E-state index in [4.69, 9.17) is 10.8 Å². The Kier molecular flexibility index (Phi) is 3.28. The van der Waals surface area contributed by atoms with Crippen molar-refractivity contribution in [3.63, 3.8) is 0 Å². The van der Waals surface area contributed by atoms with Crippen molar-refractivity contribution >= 4 is 11.7 Å². The van der Waals surface area contributed by atoms with Crippen LogP contribution in [-0.2, 0) is 0 Å². The molecule has 1 aromatic carbocycles. The van der Waals surface area contributed by atoms with Crippen LogP contribution in [0.5, 0.6) is 0 Å². The Morgan fingerprint density at radius 3 is 2.82 bits per heavy atom. The smallest absolute Gasteiger partial charge is 0.337 e. The number of piperidine rings is 1. The van der Waals surface area contributed by atoms with Crippen molar-refractivity contribution in [2.45, 2.75) is 25.3 Å². The number of carboxylic acid groups (broad SMARTS) is 1. The third-order valence-electron chi connectivity index (χ3n) is 3.08. The first-order chi connectivity index (χ1) is 8.09. The normalized spacial score (nSPS) is 20.2. The molecule has 0 bridgehead atoms. The first-order valence-corrected chi connectivity index (χ1v) is 5.65. The predicted octanol–water partition coefficient (Wildman–Crippen LogP) is 1.92. The average molecular weight is 238 g/mol. The van der Waals surface area contributed by atoms with Gasteiger partial charge in [-0.1, -0.05) is 6.42 Å². The summed E-state index contributed by atoms with van der Waals surface area (Å²) in [6, 6.07) is 2.33. The fourth-order valence-corrected chi connectivity index (χ4v) is 2.17. The highest BCUT2D eigenvalue weighted by molar-refractivity contribution is 5.93. The lowest BCUT2D eigenvalue weighted by atomic mass is 9.95. The lowest BCUT2D eigenvalue weighted by Crippen LogP contribution is -2.27. The number of carbonyl (C=O) groups is 1. The maximum absolute atomic E-state index is 13.8. The number of nitrogen functional groups attached to an aromatic ring is 1. The molecule has 1 unspecified atom stereocenters. The predicted molar refractivity (Wildman–Crippen MR) is 62.4 cm³/mol. The van der Waals surface area contributed by atoms with Crippen molar-refractivity contribution in [3.05, 3.63) is 29.1 Å². The van der Waals surface area contributed by atoms with E-state index in [1.807, 2.05) is 0 Å². The van der Waals surface area contributed by atoms with Gasteiger partial charge in [0.15, 0.2) is 0 Å². The lowest BCUT2D eigenvalue weighted by Gasteiger charge is -2.24. The number of hydrogen-bond donors (Lipinski definition) is 3. The van der Waals surface area contributed by atoms with Gasteiger partial charge in [-0.05, 0) is 31.5 Å². The molecule has 1 aromatic rings. The van der Waals surface area contributed by atoms with Gasteiger partial charge < -0.3 is 16.2 Å². The van der Waals surface area contributed by atoms with Crippen LogP contribution in [0.1, 0.15) is 41.2 Å². The molecule has 1 saturated heterocycles. The number of hydrogen-bond acceptors (Lipinski definition) is 3. The van der Waals surface area contributed by atoms with E-state index >= 15 is 0 Å². The van der Waals surface area contributed by atoms with Crippen LogP contribution in [0.3, 0.4) is 0 Å². The Labute approximate surface area is 98.6 Å². The van der Waals surface area contributed by atoms with Crippen LogP contribution in [-0.4, -0.2) is 17.6 Å². The number of nitrogens with one attached hydrogen (secondary N) is 1. The maximum Gasteiger partial charge on any atom is 0.337 e. The van der Waals surface area contributed by atoms with E-state index < -0.39 is 11.8 Å². The van der Waals surface area contributed by atoms with Crippen LogP contribution in [0.4, 0.5) is 10.1 Å². The number of halogens is 1. The van der Waals surface area contributed by atoms with Gasteiger partial charge in [0.05, 0.1) is 5.56 Å². The van der Waals surface area contributed by atoms with Gasteiger partial charge >= 0.3 is 5.97 Å². The molecule has 0 aliphatic carbocycles. The summed E-state index contributed by atoms with van der Waals surface area (Å²) in [6.07, 6.45) is 2.91. The molecule has 0 aromatic heterocycles. The second-order valence-electron chi connectivity index (χ2n) is 4.27. The quantitative estimate of drug-likeness (QED) is 0.688. The summed E-state index contributed by atoms with van der Waals surface area (Å²) in [5.41, 5.74) is 5.81. The van der Waals surface area contributed by atoms with Crippen LogP contribution in [0.15, 0.2) is 12.1 Å². The van der Waals surface area contributed by atoms with Crippen LogP contribution < -0.4 is 11.1 Å². The molecule has 0 spiro atoms. The molecule has 0 saturated carbocycles. The summed E-state index contributed by atoms with van der Waals surface area (Å²) in [5, 5.41) is 12.1. The van der Waals surface area contributed by atoms with Crippen molar-refractivity contribution in [2.75, 3.05) is 12.3 Å². The number of nitrogens with two attached hydrogens (primary N) is 1.